The maximum atomic E-state index is 13.1. The van der Waals surface area contributed by atoms with Gasteiger partial charge in [0, 0.05) is 11.5 Å². The van der Waals surface area contributed by atoms with Crippen LogP contribution in [0.5, 0.6) is 0 Å². The van der Waals surface area contributed by atoms with Crippen LogP contribution in [0.2, 0.25) is 5.02 Å². The summed E-state index contributed by atoms with van der Waals surface area (Å²) in [5.74, 6) is -0.514. The monoisotopic (exact) mass is 245 g/mol. The number of halogens is 4. The van der Waals surface area contributed by atoms with Crippen LogP contribution >= 0.6 is 11.6 Å². The van der Waals surface area contributed by atoms with Crippen LogP contribution in [-0.4, -0.2) is 4.98 Å². The van der Waals surface area contributed by atoms with Gasteiger partial charge in [-0.05, 0) is 24.6 Å². The number of rotatable bonds is 1. The zero-order chi connectivity index (χ0) is 11.9. The Morgan fingerprint density at radius 2 is 1.94 bits per heavy atom. The van der Waals surface area contributed by atoms with Gasteiger partial charge < -0.3 is 0 Å². The highest BCUT2D eigenvalue weighted by Gasteiger charge is 2.14. The van der Waals surface area contributed by atoms with Gasteiger partial charge in [0.05, 0.1) is 10.5 Å². The van der Waals surface area contributed by atoms with Crippen LogP contribution in [-0.2, 0) is 0 Å². The van der Waals surface area contributed by atoms with E-state index >= 15 is 0 Å². The van der Waals surface area contributed by atoms with Gasteiger partial charge in [-0.15, -0.1) is 0 Å². The first-order chi connectivity index (χ1) is 7.49. The van der Waals surface area contributed by atoms with Crippen molar-refractivity contribution in [3.8, 4) is 0 Å². The minimum absolute atomic E-state index is 0.153. The van der Waals surface area contributed by atoms with Crippen LogP contribution < -0.4 is 0 Å². The topological polar surface area (TPSA) is 12.9 Å². The number of hydrogen-bond acceptors (Lipinski definition) is 1. The number of hydrogen-bond donors (Lipinski definition) is 0. The molecule has 1 nitrogen and oxygen atoms in total. The van der Waals surface area contributed by atoms with Crippen molar-refractivity contribution < 1.29 is 13.2 Å². The second kappa shape index (κ2) is 3.94. The third kappa shape index (κ3) is 1.85. The summed E-state index contributed by atoms with van der Waals surface area (Å²) in [4.78, 5) is 3.68. The summed E-state index contributed by atoms with van der Waals surface area (Å²) in [6.45, 7) is 1.65. The number of benzene rings is 1. The summed E-state index contributed by atoms with van der Waals surface area (Å²) in [5, 5.41) is 0.672. The summed E-state index contributed by atoms with van der Waals surface area (Å²) in [5.41, 5.74) is 0.288. The molecule has 5 heteroatoms. The van der Waals surface area contributed by atoms with Crippen LogP contribution in [0, 0.1) is 12.7 Å². The van der Waals surface area contributed by atoms with Crippen molar-refractivity contribution in [2.75, 3.05) is 0 Å². The van der Waals surface area contributed by atoms with Gasteiger partial charge >= 0.3 is 0 Å². The van der Waals surface area contributed by atoms with E-state index in [0.29, 0.717) is 10.9 Å². The number of aryl methyl sites for hydroxylation is 1. The molecule has 0 aliphatic rings. The van der Waals surface area contributed by atoms with E-state index < -0.39 is 17.9 Å². The van der Waals surface area contributed by atoms with Crippen molar-refractivity contribution in [2.45, 2.75) is 13.3 Å². The maximum Gasteiger partial charge on any atom is 0.280 e. The molecule has 0 aliphatic carbocycles. The fourth-order valence-corrected chi connectivity index (χ4v) is 1.97. The van der Waals surface area contributed by atoms with E-state index in [9.17, 15) is 13.2 Å². The quantitative estimate of drug-likeness (QED) is 0.731. The van der Waals surface area contributed by atoms with E-state index in [2.05, 4.69) is 4.98 Å². The normalized spacial score (nSPS) is 11.4. The van der Waals surface area contributed by atoms with E-state index in [1.165, 1.54) is 6.07 Å². The lowest BCUT2D eigenvalue weighted by Gasteiger charge is -2.07. The molecule has 2 rings (SSSR count). The molecule has 0 fully saturated rings. The zero-order valence-corrected chi connectivity index (χ0v) is 9.02. The van der Waals surface area contributed by atoms with Crippen LogP contribution in [0.3, 0.4) is 0 Å². The van der Waals surface area contributed by atoms with Crippen molar-refractivity contribution >= 4 is 22.5 Å². The standard InChI is InChI=1S/C11H7ClF3N/c1-5-2-6(13)3-8-10(5)7(12)4-9(16-8)11(14)15/h2-4,11H,1H3. The molecule has 2 aromatic rings. The Balaban J connectivity index is 2.81. The Bertz CT molecular complexity index is 554. The highest BCUT2D eigenvalue weighted by atomic mass is 35.5. The van der Waals surface area contributed by atoms with Crippen LogP contribution in [0.1, 0.15) is 17.7 Å². The molecular formula is C11H7ClF3N. The Morgan fingerprint density at radius 1 is 1.25 bits per heavy atom. The van der Waals surface area contributed by atoms with Gasteiger partial charge in [0.1, 0.15) is 11.5 Å². The van der Waals surface area contributed by atoms with Gasteiger partial charge in [0.15, 0.2) is 0 Å². The first-order valence-electron chi connectivity index (χ1n) is 4.53. The average Bonchev–Trinajstić information content (AvgIpc) is 2.15. The molecule has 0 saturated carbocycles. The maximum absolute atomic E-state index is 13.1. The second-order valence-corrected chi connectivity index (χ2v) is 3.85. The Hall–Kier alpha value is -1.29. The molecule has 0 radical (unpaired) electrons. The smallest absolute Gasteiger partial charge is 0.247 e. The SMILES string of the molecule is Cc1cc(F)cc2nc(C(F)F)cc(Cl)c12. The highest BCUT2D eigenvalue weighted by Crippen LogP contribution is 2.30. The molecule has 84 valence electrons. The number of aromatic nitrogens is 1. The number of alkyl halides is 2. The summed E-state index contributed by atoms with van der Waals surface area (Å²) in [6, 6.07) is 3.50. The largest absolute Gasteiger partial charge is 0.280 e. The van der Waals surface area contributed by atoms with Crippen LogP contribution in [0.15, 0.2) is 18.2 Å². The minimum Gasteiger partial charge on any atom is -0.247 e. The molecule has 0 atom stereocenters. The van der Waals surface area contributed by atoms with Crippen molar-refractivity contribution in [2.24, 2.45) is 0 Å². The molecule has 1 aromatic heterocycles. The predicted octanol–water partition coefficient (Wildman–Crippen LogP) is 4.27. The Labute approximate surface area is 94.9 Å². The fourth-order valence-electron chi connectivity index (χ4n) is 1.61. The average molecular weight is 246 g/mol. The van der Waals surface area contributed by atoms with Gasteiger partial charge in [-0.1, -0.05) is 11.6 Å². The molecule has 0 saturated heterocycles. The summed E-state index contributed by atoms with van der Waals surface area (Å²) in [7, 11) is 0. The third-order valence-corrected chi connectivity index (χ3v) is 2.56. The van der Waals surface area contributed by atoms with Gasteiger partial charge in [-0.2, -0.15) is 0 Å². The highest BCUT2D eigenvalue weighted by molar-refractivity contribution is 6.35. The van der Waals surface area contributed by atoms with Crippen LogP contribution in [0.4, 0.5) is 13.2 Å². The van der Waals surface area contributed by atoms with Crippen molar-refractivity contribution in [1.29, 1.82) is 0 Å². The molecule has 0 N–H and O–H groups in total. The lowest BCUT2D eigenvalue weighted by molar-refractivity contribution is 0.146. The zero-order valence-electron chi connectivity index (χ0n) is 8.27. The van der Waals surface area contributed by atoms with E-state index in [1.807, 2.05) is 0 Å². The van der Waals surface area contributed by atoms with Gasteiger partial charge in [-0.3, -0.25) is 0 Å². The first kappa shape index (κ1) is 11.2. The van der Waals surface area contributed by atoms with Crippen molar-refractivity contribution in [1.82, 2.24) is 4.98 Å². The first-order valence-corrected chi connectivity index (χ1v) is 4.91. The molecule has 0 amide bonds. The van der Waals surface area contributed by atoms with E-state index in [4.69, 9.17) is 11.6 Å². The third-order valence-electron chi connectivity index (χ3n) is 2.27. The lowest BCUT2D eigenvalue weighted by Crippen LogP contribution is -1.94. The molecule has 0 unspecified atom stereocenters. The summed E-state index contributed by atoms with van der Waals surface area (Å²) in [6.07, 6.45) is -2.72. The molecule has 0 bridgehead atoms. The van der Waals surface area contributed by atoms with E-state index in [1.54, 1.807) is 6.92 Å². The van der Waals surface area contributed by atoms with Gasteiger partial charge in [-0.25, -0.2) is 18.2 Å². The van der Waals surface area contributed by atoms with Gasteiger partial charge in [0.2, 0.25) is 0 Å². The number of pyridine rings is 1. The van der Waals surface area contributed by atoms with Gasteiger partial charge in [0.25, 0.3) is 6.43 Å². The lowest BCUT2D eigenvalue weighted by atomic mass is 10.1. The Morgan fingerprint density at radius 3 is 2.56 bits per heavy atom. The van der Waals surface area contributed by atoms with Crippen molar-refractivity contribution in [3.63, 3.8) is 0 Å². The molecular weight excluding hydrogens is 239 g/mol. The fraction of sp³-hybridized carbons (Fsp3) is 0.182. The number of fused-ring (bicyclic) bond motifs is 1. The second-order valence-electron chi connectivity index (χ2n) is 3.45. The molecule has 1 aromatic carbocycles. The summed E-state index contributed by atoms with van der Waals surface area (Å²) < 4.78 is 38.0. The van der Waals surface area contributed by atoms with E-state index in [0.717, 1.165) is 12.1 Å². The van der Waals surface area contributed by atoms with Crippen LogP contribution in [0.25, 0.3) is 10.9 Å². The molecule has 1 heterocycles. The molecule has 0 aliphatic heterocycles. The molecule has 0 spiro atoms. The Kier molecular flexibility index (Phi) is 2.76. The van der Waals surface area contributed by atoms with E-state index in [-0.39, 0.29) is 10.5 Å². The summed E-state index contributed by atoms with van der Waals surface area (Å²) >= 11 is 5.87. The van der Waals surface area contributed by atoms with Crippen molar-refractivity contribution in [3.05, 3.63) is 40.3 Å². The number of nitrogens with zero attached hydrogens (tertiary/aromatic N) is 1. The minimum atomic E-state index is -2.72. The predicted molar refractivity (Wildman–Crippen MR) is 56.4 cm³/mol. The molecule has 16 heavy (non-hydrogen) atoms.